The van der Waals surface area contributed by atoms with Crippen LogP contribution in [0, 0.1) is 5.82 Å². The van der Waals surface area contributed by atoms with Crippen molar-refractivity contribution in [3.63, 3.8) is 0 Å². The van der Waals surface area contributed by atoms with E-state index in [0.29, 0.717) is 50.8 Å². The van der Waals surface area contributed by atoms with Gasteiger partial charge in [-0.05, 0) is 31.3 Å². The second-order valence-electron chi connectivity index (χ2n) is 5.47. The quantitative estimate of drug-likeness (QED) is 0.797. The van der Waals surface area contributed by atoms with E-state index < -0.39 is 6.09 Å². The first-order valence-electron chi connectivity index (χ1n) is 7.74. The molecule has 0 bridgehead atoms. The molecule has 7 heteroatoms. The van der Waals surface area contributed by atoms with Crippen LogP contribution in [0.3, 0.4) is 0 Å². The summed E-state index contributed by atoms with van der Waals surface area (Å²) in [5.74, 6) is -0.341. The van der Waals surface area contributed by atoms with Crippen molar-refractivity contribution in [2.24, 2.45) is 4.99 Å². The normalized spacial score (nSPS) is 22.0. The third-order valence-electron chi connectivity index (χ3n) is 3.96. The molecule has 0 N–H and O–H groups in total. The van der Waals surface area contributed by atoms with Crippen LogP contribution in [0.1, 0.15) is 6.92 Å². The zero-order valence-corrected chi connectivity index (χ0v) is 13.1. The Morgan fingerprint density at radius 2 is 2.17 bits per heavy atom. The summed E-state index contributed by atoms with van der Waals surface area (Å²) in [5.41, 5.74) is 1.05. The second kappa shape index (κ2) is 6.95. The summed E-state index contributed by atoms with van der Waals surface area (Å²) < 4.78 is 25.0. The van der Waals surface area contributed by atoms with Crippen LogP contribution in [0.5, 0.6) is 0 Å². The van der Waals surface area contributed by atoms with E-state index in [0.717, 1.165) is 0 Å². The number of carbonyl (C=O) groups excluding carboxylic acids is 1. The highest BCUT2D eigenvalue weighted by molar-refractivity contribution is 5.90. The lowest BCUT2D eigenvalue weighted by Gasteiger charge is -2.29. The number of hydrogen-bond acceptors (Lipinski definition) is 5. The summed E-state index contributed by atoms with van der Waals surface area (Å²) >= 11 is 0. The van der Waals surface area contributed by atoms with Gasteiger partial charge in [0.2, 0.25) is 0 Å². The molecule has 2 saturated heterocycles. The summed E-state index contributed by atoms with van der Waals surface area (Å²) in [6, 6.07) is 4.85. The molecule has 2 heterocycles. The number of cyclic esters (lactones) is 1. The molecule has 2 aliphatic heterocycles. The Morgan fingerprint density at radius 3 is 2.87 bits per heavy atom. The largest absolute Gasteiger partial charge is 0.442 e. The fourth-order valence-electron chi connectivity index (χ4n) is 2.77. The topological polar surface area (TPSA) is 54.4 Å². The predicted octanol–water partition coefficient (Wildman–Crippen LogP) is 2.08. The Labute approximate surface area is 134 Å². The summed E-state index contributed by atoms with van der Waals surface area (Å²) in [4.78, 5) is 19.4. The van der Waals surface area contributed by atoms with Crippen LogP contribution in [-0.4, -0.2) is 57.8 Å². The van der Waals surface area contributed by atoms with Gasteiger partial charge in [-0.15, -0.1) is 0 Å². The average molecular weight is 321 g/mol. The molecule has 3 rings (SSSR count). The van der Waals surface area contributed by atoms with Crippen LogP contribution < -0.4 is 9.80 Å². The summed E-state index contributed by atoms with van der Waals surface area (Å²) in [5, 5.41) is 0. The number of amides is 1. The molecule has 0 aliphatic carbocycles. The first-order valence-corrected chi connectivity index (χ1v) is 7.74. The number of benzene rings is 1. The molecule has 0 unspecified atom stereocenters. The van der Waals surface area contributed by atoms with E-state index in [1.807, 2.05) is 11.8 Å². The zero-order chi connectivity index (χ0) is 16.2. The number of ether oxygens (including phenoxy) is 2. The molecule has 1 atom stereocenters. The number of hydrogen-bond donors (Lipinski definition) is 0. The van der Waals surface area contributed by atoms with Crippen LogP contribution in [-0.2, 0) is 9.47 Å². The minimum Gasteiger partial charge on any atom is -0.442 e. The SMILES string of the molecule is C/C=N/C[C@H]1CN(c2ccc(N3CCOCC3)c(F)c2)C(=O)O1. The van der Waals surface area contributed by atoms with Gasteiger partial charge in [0, 0.05) is 13.1 Å². The maximum absolute atomic E-state index is 14.4. The third-order valence-corrected chi connectivity index (χ3v) is 3.96. The van der Waals surface area contributed by atoms with Gasteiger partial charge in [0.25, 0.3) is 0 Å². The molecule has 2 fully saturated rings. The Bertz CT molecular complexity index is 602. The fourth-order valence-corrected chi connectivity index (χ4v) is 2.77. The van der Waals surface area contributed by atoms with Crippen molar-refractivity contribution in [3.8, 4) is 0 Å². The number of carbonyl (C=O) groups is 1. The number of anilines is 2. The Morgan fingerprint density at radius 1 is 1.39 bits per heavy atom. The van der Waals surface area contributed by atoms with Gasteiger partial charge >= 0.3 is 6.09 Å². The van der Waals surface area contributed by atoms with Gasteiger partial charge in [0.1, 0.15) is 11.9 Å². The number of halogens is 1. The second-order valence-corrected chi connectivity index (χ2v) is 5.47. The van der Waals surface area contributed by atoms with Crippen LogP contribution in [0.4, 0.5) is 20.6 Å². The van der Waals surface area contributed by atoms with Gasteiger partial charge in [0.15, 0.2) is 0 Å². The van der Waals surface area contributed by atoms with Gasteiger partial charge in [-0.25, -0.2) is 9.18 Å². The first kappa shape index (κ1) is 15.7. The third kappa shape index (κ3) is 3.44. The molecule has 1 amide bonds. The monoisotopic (exact) mass is 321 g/mol. The molecule has 6 nitrogen and oxygen atoms in total. The lowest BCUT2D eigenvalue weighted by atomic mass is 10.2. The average Bonchev–Trinajstić information content (AvgIpc) is 2.94. The fraction of sp³-hybridized carbons (Fsp3) is 0.500. The van der Waals surface area contributed by atoms with Gasteiger partial charge in [-0.2, -0.15) is 0 Å². The number of nitrogens with zero attached hydrogens (tertiary/aromatic N) is 3. The van der Waals surface area contributed by atoms with Crippen molar-refractivity contribution < 1.29 is 18.7 Å². The molecule has 23 heavy (non-hydrogen) atoms. The van der Waals surface area contributed by atoms with Gasteiger partial charge in [-0.1, -0.05) is 0 Å². The van der Waals surface area contributed by atoms with Crippen LogP contribution in [0.15, 0.2) is 23.2 Å². The van der Waals surface area contributed by atoms with E-state index in [4.69, 9.17) is 9.47 Å². The zero-order valence-electron chi connectivity index (χ0n) is 13.1. The smallest absolute Gasteiger partial charge is 0.414 e. The van der Waals surface area contributed by atoms with E-state index in [-0.39, 0.29) is 11.9 Å². The molecule has 0 spiro atoms. The lowest BCUT2D eigenvalue weighted by Crippen LogP contribution is -2.36. The number of rotatable bonds is 4. The molecule has 1 aromatic rings. The molecule has 2 aliphatic rings. The van der Waals surface area contributed by atoms with Crippen molar-refractivity contribution in [1.82, 2.24) is 0 Å². The molecule has 0 saturated carbocycles. The van der Waals surface area contributed by atoms with Crippen molar-refractivity contribution in [1.29, 1.82) is 0 Å². The van der Waals surface area contributed by atoms with E-state index in [9.17, 15) is 9.18 Å². The molecule has 1 aromatic carbocycles. The Balaban J connectivity index is 1.73. The van der Waals surface area contributed by atoms with Crippen molar-refractivity contribution in [3.05, 3.63) is 24.0 Å². The molecule has 0 radical (unpaired) electrons. The summed E-state index contributed by atoms with van der Waals surface area (Å²) in [6.07, 6.45) is 0.924. The number of morpholine rings is 1. The van der Waals surface area contributed by atoms with E-state index in [2.05, 4.69) is 4.99 Å². The minimum absolute atomic E-state index is 0.291. The first-order chi connectivity index (χ1) is 11.2. The van der Waals surface area contributed by atoms with Crippen molar-refractivity contribution >= 4 is 23.7 Å². The minimum atomic E-state index is -0.458. The molecule has 124 valence electrons. The standard InChI is InChI=1S/C16H20FN3O3/c1-2-18-10-13-11-20(16(21)23-13)12-3-4-15(14(17)9-12)19-5-7-22-8-6-19/h2-4,9,13H,5-8,10-11H2,1H3/b18-2+/t13-/m0/s1. The van der Waals surface area contributed by atoms with Crippen molar-refractivity contribution in [2.45, 2.75) is 13.0 Å². The molecular formula is C16H20FN3O3. The van der Waals surface area contributed by atoms with E-state index in [1.54, 1.807) is 18.3 Å². The van der Waals surface area contributed by atoms with Crippen LogP contribution in [0.25, 0.3) is 0 Å². The molecule has 0 aromatic heterocycles. The maximum Gasteiger partial charge on any atom is 0.414 e. The highest BCUT2D eigenvalue weighted by Gasteiger charge is 2.32. The van der Waals surface area contributed by atoms with E-state index >= 15 is 0 Å². The highest BCUT2D eigenvalue weighted by atomic mass is 19.1. The highest BCUT2D eigenvalue weighted by Crippen LogP contribution is 2.28. The van der Waals surface area contributed by atoms with Gasteiger partial charge in [0.05, 0.1) is 37.7 Å². The maximum atomic E-state index is 14.4. The van der Waals surface area contributed by atoms with Gasteiger partial charge in [-0.3, -0.25) is 9.89 Å². The Kier molecular flexibility index (Phi) is 4.76. The number of aliphatic imine (C=N–C) groups is 1. The lowest BCUT2D eigenvalue weighted by molar-refractivity contribution is 0.122. The van der Waals surface area contributed by atoms with Crippen molar-refractivity contribution in [2.75, 3.05) is 49.2 Å². The Hall–Kier alpha value is -2.15. The van der Waals surface area contributed by atoms with Crippen LogP contribution >= 0.6 is 0 Å². The van der Waals surface area contributed by atoms with Crippen LogP contribution in [0.2, 0.25) is 0 Å². The molecular weight excluding hydrogens is 301 g/mol. The summed E-state index contributed by atoms with van der Waals surface area (Å²) in [7, 11) is 0. The summed E-state index contributed by atoms with van der Waals surface area (Å²) in [6.45, 7) is 5.14. The predicted molar refractivity (Wildman–Crippen MR) is 86.1 cm³/mol. The van der Waals surface area contributed by atoms with Gasteiger partial charge < -0.3 is 14.4 Å². The van der Waals surface area contributed by atoms with E-state index in [1.165, 1.54) is 11.0 Å².